The van der Waals surface area contributed by atoms with Crippen LogP contribution in [0.25, 0.3) is 0 Å². The van der Waals surface area contributed by atoms with Gasteiger partial charge in [-0.25, -0.2) is 4.79 Å². The van der Waals surface area contributed by atoms with Crippen molar-refractivity contribution in [2.45, 2.75) is 18.7 Å². The Morgan fingerprint density at radius 3 is 2.86 bits per heavy atom. The summed E-state index contributed by atoms with van der Waals surface area (Å²) in [6.07, 6.45) is -5.18. The number of rotatable bonds is 2. The smallest absolute Gasteiger partial charge is 0.417 e. The lowest BCUT2D eigenvalue weighted by Crippen LogP contribution is -2.45. The van der Waals surface area contributed by atoms with Gasteiger partial charge in [0, 0.05) is 19.2 Å². The van der Waals surface area contributed by atoms with E-state index < -0.39 is 23.9 Å². The summed E-state index contributed by atoms with van der Waals surface area (Å²) in [5.74, 6) is 0. The third-order valence-corrected chi connectivity index (χ3v) is 3.40. The number of carboxylic acid groups (broad SMARTS) is 1. The Morgan fingerprint density at radius 2 is 2.29 bits per heavy atom. The minimum Gasteiger partial charge on any atom is -0.465 e. The predicted octanol–water partition coefficient (Wildman–Crippen LogP) is 2.68. The van der Waals surface area contributed by atoms with Gasteiger partial charge in [0.25, 0.3) is 0 Å². The van der Waals surface area contributed by atoms with E-state index in [-0.39, 0.29) is 36.8 Å². The maximum Gasteiger partial charge on any atom is 0.417 e. The molecule has 0 aliphatic carbocycles. The summed E-state index contributed by atoms with van der Waals surface area (Å²) in [4.78, 5) is 15.8. The van der Waals surface area contributed by atoms with Crippen LogP contribution in [0.15, 0.2) is 12.3 Å². The van der Waals surface area contributed by atoms with E-state index in [0.29, 0.717) is 6.20 Å². The minimum absolute atomic E-state index is 0.110. The largest absolute Gasteiger partial charge is 0.465 e. The van der Waals surface area contributed by atoms with Gasteiger partial charge >= 0.3 is 12.3 Å². The first-order valence-electron chi connectivity index (χ1n) is 6.08. The number of halogens is 4. The van der Waals surface area contributed by atoms with E-state index in [0.717, 1.165) is 6.07 Å². The zero-order valence-electron chi connectivity index (χ0n) is 10.7. The highest BCUT2D eigenvalue weighted by atomic mass is 35.5. The maximum atomic E-state index is 12.5. The van der Waals surface area contributed by atoms with Gasteiger partial charge in [-0.1, -0.05) is 11.6 Å². The average Bonchev–Trinajstić information content (AvgIpc) is 2.40. The topological polar surface area (TPSA) is 62.7 Å². The van der Waals surface area contributed by atoms with E-state index in [1.54, 1.807) is 0 Å². The van der Waals surface area contributed by atoms with Crippen LogP contribution in [0.1, 0.15) is 11.3 Å². The molecule has 1 aliphatic heterocycles. The molecule has 1 aromatic heterocycles. The molecule has 1 aromatic rings. The standard InChI is InChI=1S/C12H12ClF3N2O3/c13-9-3-7(12(14,15)16)5-17-10(9)4-8-6-18(11(19)20)1-2-21-8/h3,5,8H,1-2,4,6H2,(H,19,20)/t8-/m1/s1. The van der Waals surface area contributed by atoms with Gasteiger partial charge in [0.2, 0.25) is 0 Å². The number of hydrogen-bond acceptors (Lipinski definition) is 3. The Kier molecular flexibility index (Phi) is 4.58. The lowest BCUT2D eigenvalue weighted by Gasteiger charge is -2.31. The molecule has 1 fully saturated rings. The first kappa shape index (κ1) is 15.8. The molecule has 1 amide bonds. The molecular weight excluding hydrogens is 313 g/mol. The molecule has 2 rings (SSSR count). The molecule has 2 heterocycles. The summed E-state index contributed by atoms with van der Waals surface area (Å²) in [6, 6.07) is 0.807. The van der Waals surface area contributed by atoms with E-state index in [1.807, 2.05) is 0 Å². The monoisotopic (exact) mass is 324 g/mol. The van der Waals surface area contributed by atoms with Gasteiger partial charge in [-0.2, -0.15) is 13.2 Å². The van der Waals surface area contributed by atoms with Crippen molar-refractivity contribution >= 4 is 17.7 Å². The van der Waals surface area contributed by atoms with Gasteiger partial charge in [-0.05, 0) is 6.07 Å². The Labute approximate surface area is 123 Å². The second-order valence-corrected chi connectivity index (χ2v) is 4.98. The molecule has 21 heavy (non-hydrogen) atoms. The molecule has 1 N–H and O–H groups in total. The summed E-state index contributed by atoms with van der Waals surface area (Å²) in [6.45, 7) is 0.629. The molecule has 0 unspecified atom stereocenters. The molecule has 0 aromatic carbocycles. The molecule has 1 atom stereocenters. The van der Waals surface area contributed by atoms with Gasteiger partial charge < -0.3 is 14.7 Å². The molecule has 116 valence electrons. The van der Waals surface area contributed by atoms with E-state index >= 15 is 0 Å². The zero-order chi connectivity index (χ0) is 15.6. The molecule has 0 spiro atoms. The highest BCUT2D eigenvalue weighted by Gasteiger charge is 2.32. The van der Waals surface area contributed by atoms with Crippen molar-refractivity contribution in [3.63, 3.8) is 0 Å². The molecule has 0 saturated carbocycles. The van der Waals surface area contributed by atoms with Crippen molar-refractivity contribution in [2.75, 3.05) is 19.7 Å². The van der Waals surface area contributed by atoms with Crippen LogP contribution in [0.2, 0.25) is 5.02 Å². The fourth-order valence-electron chi connectivity index (χ4n) is 2.00. The first-order chi connectivity index (χ1) is 9.77. The van der Waals surface area contributed by atoms with Crippen LogP contribution >= 0.6 is 11.6 Å². The van der Waals surface area contributed by atoms with E-state index in [9.17, 15) is 18.0 Å². The summed E-state index contributed by atoms with van der Waals surface area (Å²) in [7, 11) is 0. The quantitative estimate of drug-likeness (QED) is 0.908. The lowest BCUT2D eigenvalue weighted by atomic mass is 10.1. The van der Waals surface area contributed by atoms with Crippen molar-refractivity contribution in [2.24, 2.45) is 0 Å². The van der Waals surface area contributed by atoms with Crippen LogP contribution in [0.4, 0.5) is 18.0 Å². The van der Waals surface area contributed by atoms with Gasteiger partial charge in [-0.15, -0.1) is 0 Å². The van der Waals surface area contributed by atoms with E-state index in [1.165, 1.54) is 4.90 Å². The third-order valence-electron chi connectivity index (χ3n) is 3.08. The zero-order valence-corrected chi connectivity index (χ0v) is 11.5. The number of hydrogen-bond donors (Lipinski definition) is 1. The maximum absolute atomic E-state index is 12.5. The molecule has 0 bridgehead atoms. The van der Waals surface area contributed by atoms with Gasteiger partial charge in [-0.3, -0.25) is 4.98 Å². The number of morpholine rings is 1. The molecule has 0 radical (unpaired) electrons. The Balaban J connectivity index is 2.08. The normalized spacial score (nSPS) is 19.6. The van der Waals surface area contributed by atoms with Crippen molar-refractivity contribution in [3.8, 4) is 0 Å². The molecular formula is C12H12ClF3N2O3. The van der Waals surface area contributed by atoms with Crippen LogP contribution in [0.3, 0.4) is 0 Å². The second kappa shape index (κ2) is 6.07. The number of aromatic nitrogens is 1. The summed E-state index contributed by atoms with van der Waals surface area (Å²) in [5.41, 5.74) is -0.671. The summed E-state index contributed by atoms with van der Waals surface area (Å²) in [5, 5.41) is 8.80. The highest BCUT2D eigenvalue weighted by molar-refractivity contribution is 6.31. The van der Waals surface area contributed by atoms with Crippen molar-refractivity contribution in [3.05, 3.63) is 28.5 Å². The minimum atomic E-state index is -4.50. The average molecular weight is 325 g/mol. The molecule has 9 heteroatoms. The summed E-state index contributed by atoms with van der Waals surface area (Å²) >= 11 is 5.81. The fourth-order valence-corrected chi connectivity index (χ4v) is 2.25. The highest BCUT2D eigenvalue weighted by Crippen LogP contribution is 2.31. The Morgan fingerprint density at radius 1 is 1.57 bits per heavy atom. The van der Waals surface area contributed by atoms with Crippen LogP contribution in [0, 0.1) is 0 Å². The van der Waals surface area contributed by atoms with Crippen molar-refractivity contribution < 1.29 is 27.8 Å². The van der Waals surface area contributed by atoms with E-state index in [2.05, 4.69) is 4.98 Å². The number of pyridine rings is 1. The molecule has 1 aliphatic rings. The van der Waals surface area contributed by atoms with Crippen LogP contribution < -0.4 is 0 Å². The predicted molar refractivity (Wildman–Crippen MR) is 67.3 cm³/mol. The van der Waals surface area contributed by atoms with Crippen molar-refractivity contribution in [1.29, 1.82) is 0 Å². The Bertz CT molecular complexity index is 539. The number of amides is 1. The number of ether oxygens (including phenoxy) is 1. The van der Waals surface area contributed by atoms with Crippen molar-refractivity contribution in [1.82, 2.24) is 9.88 Å². The molecule has 5 nitrogen and oxygen atoms in total. The number of alkyl halides is 3. The van der Waals surface area contributed by atoms with Crippen LogP contribution in [0.5, 0.6) is 0 Å². The molecule has 1 saturated heterocycles. The Hall–Kier alpha value is -1.54. The SMILES string of the molecule is O=C(O)N1CCO[C@H](Cc2ncc(C(F)(F)F)cc2Cl)C1. The van der Waals surface area contributed by atoms with Gasteiger partial charge in [0.1, 0.15) is 0 Å². The fraction of sp³-hybridized carbons (Fsp3) is 0.500. The van der Waals surface area contributed by atoms with E-state index in [4.69, 9.17) is 21.4 Å². The number of carbonyl (C=O) groups is 1. The summed E-state index contributed by atoms with van der Waals surface area (Å²) < 4.78 is 42.9. The first-order valence-corrected chi connectivity index (χ1v) is 6.46. The lowest BCUT2D eigenvalue weighted by molar-refractivity contribution is -0.137. The van der Waals surface area contributed by atoms with Gasteiger partial charge in [0.05, 0.1) is 35.5 Å². The van der Waals surface area contributed by atoms with Gasteiger partial charge in [0.15, 0.2) is 0 Å². The number of nitrogens with zero attached hydrogens (tertiary/aromatic N) is 2. The van der Waals surface area contributed by atoms with Crippen LogP contribution in [-0.4, -0.2) is 46.9 Å². The van der Waals surface area contributed by atoms with Crippen LogP contribution in [-0.2, 0) is 17.3 Å². The second-order valence-electron chi connectivity index (χ2n) is 4.58. The third kappa shape index (κ3) is 3.98.